The van der Waals surface area contributed by atoms with Crippen LogP contribution in [0.15, 0.2) is 31.0 Å². The molecule has 0 atom stereocenters. The Morgan fingerprint density at radius 2 is 2.09 bits per heavy atom. The van der Waals surface area contributed by atoms with Crippen molar-refractivity contribution in [2.75, 3.05) is 20.7 Å². The summed E-state index contributed by atoms with van der Waals surface area (Å²) in [4.78, 5) is 18.4. The van der Waals surface area contributed by atoms with Crippen molar-refractivity contribution in [3.05, 3.63) is 31.5 Å². The lowest BCUT2D eigenvalue weighted by Crippen LogP contribution is -2.23. The maximum atomic E-state index is 12.1. The van der Waals surface area contributed by atoms with Crippen molar-refractivity contribution >= 4 is 60.8 Å². The van der Waals surface area contributed by atoms with Crippen molar-refractivity contribution in [3.63, 3.8) is 0 Å². The molecule has 2 rings (SSSR count). The van der Waals surface area contributed by atoms with Crippen LogP contribution in [0.3, 0.4) is 0 Å². The normalized spacial score (nSPS) is 18.1. The highest BCUT2D eigenvalue weighted by molar-refractivity contribution is 9.11. The van der Waals surface area contributed by atoms with Crippen LogP contribution in [-0.4, -0.2) is 36.7 Å². The zero-order valence-electron chi connectivity index (χ0n) is 11.9. The molecule has 0 saturated carbocycles. The zero-order chi connectivity index (χ0) is 16.3. The van der Waals surface area contributed by atoms with E-state index in [4.69, 9.17) is 11.2 Å². The van der Waals surface area contributed by atoms with Crippen LogP contribution in [-0.2, 0) is 4.79 Å². The quantitative estimate of drug-likeness (QED) is 0.527. The maximum absolute atomic E-state index is 12.1. The Morgan fingerprint density at radius 1 is 1.45 bits per heavy atom. The molecule has 1 heterocycles. The number of amidine groups is 1. The third-order valence-electron chi connectivity index (χ3n) is 2.81. The maximum Gasteiger partial charge on any atom is 0.266 e. The van der Waals surface area contributed by atoms with Gasteiger partial charge in [-0.05, 0) is 67.4 Å². The molecule has 22 heavy (non-hydrogen) atoms. The Kier molecular flexibility index (Phi) is 5.73. The lowest BCUT2D eigenvalue weighted by molar-refractivity contribution is -0.121. The highest BCUT2D eigenvalue weighted by Crippen LogP contribution is 2.37. The van der Waals surface area contributed by atoms with Crippen LogP contribution in [0.1, 0.15) is 5.56 Å². The summed E-state index contributed by atoms with van der Waals surface area (Å²) in [7, 11) is 3.38. The molecular formula is C15H12Br2N2O2S. The van der Waals surface area contributed by atoms with E-state index in [2.05, 4.69) is 42.8 Å². The second kappa shape index (κ2) is 7.36. The molecule has 1 aromatic rings. The number of thioether (sulfide) groups is 1. The minimum Gasteiger partial charge on any atom is -0.479 e. The summed E-state index contributed by atoms with van der Waals surface area (Å²) in [6, 6.07) is 3.75. The van der Waals surface area contributed by atoms with Crippen LogP contribution in [0.4, 0.5) is 0 Å². The Bertz CT molecular complexity index is 700. The smallest absolute Gasteiger partial charge is 0.266 e. The second-order valence-corrected chi connectivity index (χ2v) is 7.01. The number of likely N-dealkylation sites (N-methyl/N-ethyl adjacent to an activating group) is 1. The fourth-order valence-corrected chi connectivity index (χ4v) is 4.19. The average Bonchev–Trinajstić information content (AvgIpc) is 2.74. The third kappa shape index (κ3) is 3.57. The van der Waals surface area contributed by atoms with Crippen LogP contribution in [0.25, 0.3) is 6.08 Å². The highest BCUT2D eigenvalue weighted by Gasteiger charge is 2.29. The first kappa shape index (κ1) is 17.1. The van der Waals surface area contributed by atoms with E-state index in [1.54, 1.807) is 14.1 Å². The van der Waals surface area contributed by atoms with Gasteiger partial charge in [0.1, 0.15) is 12.4 Å². The van der Waals surface area contributed by atoms with Crippen molar-refractivity contribution in [2.45, 2.75) is 0 Å². The van der Waals surface area contributed by atoms with Gasteiger partial charge >= 0.3 is 0 Å². The van der Waals surface area contributed by atoms with Gasteiger partial charge in [0.2, 0.25) is 0 Å². The van der Waals surface area contributed by atoms with Crippen LogP contribution in [0.2, 0.25) is 0 Å². The minimum atomic E-state index is -0.0643. The highest BCUT2D eigenvalue weighted by atomic mass is 79.9. The van der Waals surface area contributed by atoms with E-state index in [-0.39, 0.29) is 12.5 Å². The number of hydrogen-bond donors (Lipinski definition) is 0. The fourth-order valence-electron chi connectivity index (χ4n) is 1.82. The van der Waals surface area contributed by atoms with Crippen molar-refractivity contribution in [1.82, 2.24) is 4.90 Å². The number of nitrogens with zero attached hydrogens (tertiary/aromatic N) is 2. The van der Waals surface area contributed by atoms with Gasteiger partial charge < -0.3 is 4.74 Å². The van der Waals surface area contributed by atoms with Gasteiger partial charge in [0.15, 0.2) is 5.17 Å². The number of ether oxygens (including phenoxy) is 1. The van der Waals surface area contributed by atoms with Gasteiger partial charge in [-0.3, -0.25) is 14.7 Å². The zero-order valence-corrected chi connectivity index (χ0v) is 15.9. The molecule has 0 bridgehead atoms. The standard InChI is InChI=1S/C15H12Br2N2O2S/c1-4-5-21-13-10(16)6-9(7-11(13)17)8-12-14(20)19(3)15(18-2)22-12/h1,6-8H,5H2,2-3H3/b12-8+,18-15?. The Labute approximate surface area is 150 Å². The van der Waals surface area contributed by atoms with E-state index >= 15 is 0 Å². The second-order valence-electron chi connectivity index (χ2n) is 4.29. The molecule has 0 radical (unpaired) electrons. The molecule has 1 aromatic carbocycles. The van der Waals surface area contributed by atoms with Crippen LogP contribution >= 0.6 is 43.6 Å². The predicted octanol–water partition coefficient (Wildman–Crippen LogP) is 3.76. The molecule has 0 unspecified atom stereocenters. The number of amides is 1. The summed E-state index contributed by atoms with van der Waals surface area (Å²) in [5.41, 5.74) is 0.869. The van der Waals surface area contributed by atoms with Crippen molar-refractivity contribution in [3.8, 4) is 18.1 Å². The first-order chi connectivity index (χ1) is 10.5. The largest absolute Gasteiger partial charge is 0.479 e. The summed E-state index contributed by atoms with van der Waals surface area (Å²) in [5.74, 6) is 3.00. The monoisotopic (exact) mass is 442 g/mol. The summed E-state index contributed by atoms with van der Waals surface area (Å²) in [6.07, 6.45) is 7.02. The van der Waals surface area contributed by atoms with Crippen LogP contribution in [0, 0.1) is 12.3 Å². The van der Waals surface area contributed by atoms with Gasteiger partial charge in [-0.2, -0.15) is 0 Å². The molecule has 1 aliphatic heterocycles. The molecule has 1 aliphatic rings. The summed E-state index contributed by atoms with van der Waals surface area (Å²) < 4.78 is 6.99. The number of halogens is 2. The average molecular weight is 444 g/mol. The van der Waals surface area contributed by atoms with E-state index in [1.165, 1.54) is 16.7 Å². The first-order valence-electron chi connectivity index (χ1n) is 6.17. The van der Waals surface area contributed by atoms with Crippen molar-refractivity contribution in [1.29, 1.82) is 0 Å². The molecule has 0 aliphatic carbocycles. The number of hydrogen-bond acceptors (Lipinski definition) is 4. The SMILES string of the molecule is C#CCOc1c(Br)cc(/C=C2/SC(=NC)N(C)C2=O)cc1Br. The number of aliphatic imine (C=N–C) groups is 1. The van der Waals surface area contributed by atoms with Gasteiger partial charge in [0.25, 0.3) is 5.91 Å². The van der Waals surface area contributed by atoms with Gasteiger partial charge in [0, 0.05) is 14.1 Å². The van der Waals surface area contributed by atoms with Crippen molar-refractivity contribution in [2.24, 2.45) is 4.99 Å². The summed E-state index contributed by atoms with van der Waals surface area (Å²) in [6.45, 7) is 0.188. The number of rotatable bonds is 3. The number of benzene rings is 1. The lowest BCUT2D eigenvalue weighted by Gasteiger charge is -2.09. The van der Waals surface area contributed by atoms with Crippen molar-refractivity contribution < 1.29 is 9.53 Å². The number of carbonyl (C=O) groups excluding carboxylic acids is 1. The van der Waals surface area contributed by atoms with Gasteiger partial charge in [-0.15, -0.1) is 6.42 Å². The fraction of sp³-hybridized carbons (Fsp3) is 0.200. The molecule has 0 aromatic heterocycles. The van der Waals surface area contributed by atoms with E-state index < -0.39 is 0 Å². The Hall–Kier alpha value is -1.23. The molecule has 1 saturated heterocycles. The predicted molar refractivity (Wildman–Crippen MR) is 97.9 cm³/mol. The number of terminal acetylenes is 1. The van der Waals surface area contributed by atoms with Gasteiger partial charge in [0.05, 0.1) is 13.9 Å². The van der Waals surface area contributed by atoms with E-state index in [9.17, 15) is 4.79 Å². The van der Waals surface area contributed by atoms with E-state index in [0.717, 1.165) is 14.5 Å². The van der Waals surface area contributed by atoms with Gasteiger partial charge in [-0.25, -0.2) is 0 Å². The Morgan fingerprint density at radius 3 is 2.59 bits per heavy atom. The Balaban J connectivity index is 2.34. The topological polar surface area (TPSA) is 41.9 Å². The molecular weight excluding hydrogens is 432 g/mol. The summed E-state index contributed by atoms with van der Waals surface area (Å²) >= 11 is 8.25. The van der Waals surface area contributed by atoms with E-state index in [0.29, 0.717) is 15.8 Å². The van der Waals surface area contributed by atoms with E-state index in [1.807, 2.05) is 18.2 Å². The third-order valence-corrected chi connectivity index (χ3v) is 5.14. The molecule has 4 nitrogen and oxygen atoms in total. The molecule has 1 amide bonds. The molecule has 1 fully saturated rings. The first-order valence-corrected chi connectivity index (χ1v) is 8.58. The molecule has 0 spiro atoms. The van der Waals surface area contributed by atoms with Crippen LogP contribution in [0.5, 0.6) is 5.75 Å². The molecule has 114 valence electrons. The minimum absolute atomic E-state index is 0.0643. The number of carbonyl (C=O) groups is 1. The molecule has 0 N–H and O–H groups in total. The summed E-state index contributed by atoms with van der Waals surface area (Å²) in [5, 5.41) is 0.684. The molecule has 7 heteroatoms. The lowest BCUT2D eigenvalue weighted by atomic mass is 10.2. The van der Waals surface area contributed by atoms with Crippen LogP contribution < -0.4 is 4.74 Å². The van der Waals surface area contributed by atoms with Gasteiger partial charge in [-0.1, -0.05) is 5.92 Å².